The third kappa shape index (κ3) is 3.77. The molecule has 3 aromatic rings. The Balaban J connectivity index is 1.62. The number of hydrogen-bond acceptors (Lipinski definition) is 5. The van der Waals surface area contributed by atoms with Gasteiger partial charge in [0.05, 0.1) is 11.7 Å². The molecule has 1 aromatic heterocycles. The van der Waals surface area contributed by atoms with Gasteiger partial charge in [-0.2, -0.15) is 0 Å². The Morgan fingerprint density at radius 2 is 1.96 bits per heavy atom. The minimum Gasteiger partial charge on any atom is -0.422 e. The lowest BCUT2D eigenvalue weighted by Gasteiger charge is -2.27. The minimum atomic E-state index is -0.461. The summed E-state index contributed by atoms with van der Waals surface area (Å²) in [6.07, 6.45) is 0.0600. The Kier molecular flexibility index (Phi) is 4.75. The summed E-state index contributed by atoms with van der Waals surface area (Å²) in [4.78, 5) is 24.9. The number of nitrogens with one attached hydrogen (secondary N) is 2. The Hall–Kier alpha value is -2.96. The van der Waals surface area contributed by atoms with Crippen LogP contribution in [0.25, 0.3) is 22.1 Å². The van der Waals surface area contributed by atoms with Gasteiger partial charge in [-0.05, 0) is 36.2 Å². The van der Waals surface area contributed by atoms with Crippen LogP contribution in [0.2, 0.25) is 0 Å². The molecule has 0 radical (unpaired) electrons. The third-order valence-corrected chi connectivity index (χ3v) is 4.74. The number of rotatable bonds is 3. The lowest BCUT2D eigenvalue weighted by Crippen LogP contribution is -2.50. The van der Waals surface area contributed by atoms with Crippen molar-refractivity contribution in [2.24, 2.45) is 0 Å². The van der Waals surface area contributed by atoms with Crippen molar-refractivity contribution in [3.8, 4) is 11.1 Å². The van der Waals surface area contributed by atoms with Crippen LogP contribution in [0, 0.1) is 0 Å². The van der Waals surface area contributed by atoms with Crippen LogP contribution in [-0.4, -0.2) is 36.2 Å². The van der Waals surface area contributed by atoms with Gasteiger partial charge in [0.1, 0.15) is 5.58 Å². The van der Waals surface area contributed by atoms with Crippen LogP contribution in [0.5, 0.6) is 0 Å². The summed E-state index contributed by atoms with van der Waals surface area (Å²) < 4.78 is 5.39. The molecule has 0 unspecified atom stereocenters. The highest BCUT2D eigenvalue weighted by molar-refractivity contribution is 5.96. The minimum absolute atomic E-state index is 0.129. The number of benzene rings is 2. The predicted octanol–water partition coefficient (Wildman–Crippen LogP) is 1.91. The highest BCUT2D eigenvalue weighted by Crippen LogP contribution is 2.22. The average molecular weight is 364 g/mol. The molecule has 1 aliphatic heterocycles. The fourth-order valence-electron chi connectivity index (χ4n) is 3.39. The average Bonchev–Trinajstić information content (AvgIpc) is 2.67. The molecule has 3 N–H and O–H groups in total. The Labute approximate surface area is 155 Å². The molecule has 0 bridgehead atoms. The van der Waals surface area contributed by atoms with E-state index in [4.69, 9.17) is 4.42 Å². The van der Waals surface area contributed by atoms with Gasteiger partial charge in [-0.1, -0.05) is 30.3 Å². The van der Waals surface area contributed by atoms with E-state index in [1.165, 1.54) is 0 Å². The van der Waals surface area contributed by atoms with E-state index in [1.54, 1.807) is 36.4 Å². The first kappa shape index (κ1) is 17.5. The lowest BCUT2D eigenvalue weighted by molar-refractivity contribution is 0.0876. The Morgan fingerprint density at radius 3 is 2.81 bits per heavy atom. The summed E-state index contributed by atoms with van der Waals surface area (Å²) in [5.41, 5.74) is 1.59. The quantitative estimate of drug-likeness (QED) is 0.618. The number of amides is 1. The van der Waals surface area contributed by atoms with Crippen molar-refractivity contribution in [2.75, 3.05) is 13.1 Å². The number of piperidine rings is 1. The van der Waals surface area contributed by atoms with E-state index < -0.39 is 11.7 Å². The van der Waals surface area contributed by atoms with Gasteiger partial charge in [0, 0.05) is 30.1 Å². The normalized spacial score (nSPS) is 19.7. The molecule has 1 fully saturated rings. The second-order valence-corrected chi connectivity index (χ2v) is 6.78. The number of para-hydroxylation sites is 1. The van der Waals surface area contributed by atoms with E-state index in [9.17, 15) is 14.7 Å². The first-order chi connectivity index (χ1) is 13.1. The van der Waals surface area contributed by atoms with Crippen LogP contribution >= 0.6 is 0 Å². The van der Waals surface area contributed by atoms with E-state index >= 15 is 0 Å². The smallest absolute Gasteiger partial charge is 0.344 e. The molecule has 2 aromatic carbocycles. The highest BCUT2D eigenvalue weighted by atomic mass is 16.4. The number of β-amino-alcohol motifs (C(OH)–C–C–N with tert-alkyl or cyclic N) is 1. The van der Waals surface area contributed by atoms with Crippen molar-refractivity contribution >= 4 is 16.9 Å². The first-order valence-corrected chi connectivity index (χ1v) is 8.93. The van der Waals surface area contributed by atoms with Gasteiger partial charge >= 0.3 is 5.63 Å². The summed E-state index contributed by atoms with van der Waals surface area (Å²) in [5, 5.41) is 16.5. The van der Waals surface area contributed by atoms with Gasteiger partial charge in [0.15, 0.2) is 0 Å². The van der Waals surface area contributed by atoms with Crippen LogP contribution in [0.15, 0.2) is 63.8 Å². The number of carbonyl (C=O) groups is 1. The van der Waals surface area contributed by atoms with Crippen molar-refractivity contribution < 1.29 is 14.3 Å². The van der Waals surface area contributed by atoms with Crippen LogP contribution in [0.4, 0.5) is 0 Å². The van der Waals surface area contributed by atoms with E-state index in [0.29, 0.717) is 41.8 Å². The molecule has 0 aliphatic carbocycles. The molecule has 2 heterocycles. The van der Waals surface area contributed by atoms with E-state index in [2.05, 4.69) is 10.6 Å². The Morgan fingerprint density at radius 1 is 1.11 bits per heavy atom. The second kappa shape index (κ2) is 7.34. The topological polar surface area (TPSA) is 91.6 Å². The van der Waals surface area contributed by atoms with Gasteiger partial charge in [-0.25, -0.2) is 4.79 Å². The number of fused-ring (bicyclic) bond motifs is 1. The van der Waals surface area contributed by atoms with Crippen LogP contribution in [0.3, 0.4) is 0 Å². The maximum Gasteiger partial charge on any atom is 0.344 e. The number of aliphatic hydroxyl groups is 1. The lowest BCUT2D eigenvalue weighted by atomic mass is 10.0. The largest absolute Gasteiger partial charge is 0.422 e. The molecule has 1 amide bonds. The molecular formula is C21H20N2O4. The number of carbonyl (C=O) groups excluding carboxylic acids is 1. The molecule has 0 spiro atoms. The van der Waals surface area contributed by atoms with Crippen LogP contribution in [-0.2, 0) is 0 Å². The molecule has 138 valence electrons. The first-order valence-electron chi connectivity index (χ1n) is 8.93. The van der Waals surface area contributed by atoms with Gasteiger partial charge in [0.2, 0.25) is 0 Å². The van der Waals surface area contributed by atoms with Crippen LogP contribution in [0.1, 0.15) is 16.8 Å². The number of hydrogen-bond donors (Lipinski definition) is 3. The zero-order valence-electron chi connectivity index (χ0n) is 14.6. The third-order valence-electron chi connectivity index (χ3n) is 4.74. The molecule has 1 saturated heterocycles. The molecule has 27 heavy (non-hydrogen) atoms. The van der Waals surface area contributed by atoms with Crippen molar-refractivity contribution in [1.29, 1.82) is 0 Å². The molecule has 1 aliphatic rings. The number of aliphatic hydroxyl groups excluding tert-OH is 1. The van der Waals surface area contributed by atoms with Crippen molar-refractivity contribution in [3.05, 3.63) is 70.6 Å². The van der Waals surface area contributed by atoms with Gasteiger partial charge in [0.25, 0.3) is 5.91 Å². The van der Waals surface area contributed by atoms with Gasteiger partial charge in [-0.3, -0.25) is 4.79 Å². The second-order valence-electron chi connectivity index (χ2n) is 6.78. The molecule has 6 nitrogen and oxygen atoms in total. The standard InChI is InChI=1S/C21H20N2O4/c24-17-10-16(11-22-12-17)23-20(25)15-6-3-5-13(8-15)18-9-14-4-1-2-7-19(14)27-21(18)26/h1-9,16-17,22,24H,10-12H2,(H,23,25)/t16-,17+/m0/s1. The summed E-state index contributed by atoms with van der Waals surface area (Å²) in [6, 6.07) is 15.9. The fourth-order valence-corrected chi connectivity index (χ4v) is 3.39. The van der Waals surface area contributed by atoms with Crippen molar-refractivity contribution in [2.45, 2.75) is 18.6 Å². The maximum atomic E-state index is 12.6. The summed E-state index contributed by atoms with van der Waals surface area (Å²) in [7, 11) is 0. The Bertz CT molecular complexity index is 1040. The monoisotopic (exact) mass is 364 g/mol. The summed E-state index contributed by atoms with van der Waals surface area (Å²) >= 11 is 0. The van der Waals surface area contributed by atoms with Crippen LogP contribution < -0.4 is 16.3 Å². The van der Waals surface area contributed by atoms with Crippen molar-refractivity contribution in [1.82, 2.24) is 10.6 Å². The predicted molar refractivity (Wildman–Crippen MR) is 103 cm³/mol. The molecule has 2 atom stereocenters. The summed E-state index contributed by atoms with van der Waals surface area (Å²) in [5.74, 6) is -0.233. The van der Waals surface area contributed by atoms with E-state index in [0.717, 1.165) is 5.39 Å². The van der Waals surface area contributed by atoms with E-state index in [-0.39, 0.29) is 11.9 Å². The molecule has 4 rings (SSSR count). The fraction of sp³-hybridized carbons (Fsp3) is 0.238. The maximum absolute atomic E-state index is 12.6. The van der Waals surface area contributed by atoms with Crippen molar-refractivity contribution in [3.63, 3.8) is 0 Å². The molecule has 6 heteroatoms. The highest BCUT2D eigenvalue weighted by Gasteiger charge is 2.22. The zero-order valence-corrected chi connectivity index (χ0v) is 14.6. The molecular weight excluding hydrogens is 344 g/mol. The van der Waals surface area contributed by atoms with Gasteiger partial charge < -0.3 is 20.2 Å². The molecule has 0 saturated carbocycles. The summed E-state index contributed by atoms with van der Waals surface area (Å²) in [6.45, 7) is 1.16. The van der Waals surface area contributed by atoms with Gasteiger partial charge in [-0.15, -0.1) is 0 Å². The zero-order chi connectivity index (χ0) is 18.8. The van der Waals surface area contributed by atoms with E-state index in [1.807, 2.05) is 18.2 Å². The SMILES string of the molecule is O=C(N[C@@H]1CNC[C@H](O)C1)c1cccc(-c2cc3ccccc3oc2=O)c1.